The van der Waals surface area contributed by atoms with E-state index >= 15 is 0 Å². The summed E-state index contributed by atoms with van der Waals surface area (Å²) in [7, 11) is 0. The van der Waals surface area contributed by atoms with Gasteiger partial charge in [-0.3, -0.25) is 0 Å². The molecule has 0 aliphatic heterocycles. The number of hydrogen-bond donors (Lipinski definition) is 0. The summed E-state index contributed by atoms with van der Waals surface area (Å²) < 4.78 is 50.1. The van der Waals surface area contributed by atoms with Crippen molar-refractivity contribution >= 4 is 0 Å². The highest BCUT2D eigenvalue weighted by atomic mass is 19.3. The summed E-state index contributed by atoms with van der Waals surface area (Å²) >= 11 is 0. The lowest BCUT2D eigenvalue weighted by Gasteiger charge is -2.13. The van der Waals surface area contributed by atoms with Crippen LogP contribution in [-0.2, 0) is 4.74 Å². The van der Waals surface area contributed by atoms with Crippen LogP contribution >= 0.6 is 0 Å². The van der Waals surface area contributed by atoms with Gasteiger partial charge in [-0.2, -0.15) is 8.78 Å². The number of hydrogen-bond acceptors (Lipinski definition) is 1. The van der Waals surface area contributed by atoms with Gasteiger partial charge in [0.05, 0.1) is 6.26 Å². The fourth-order valence-electron chi connectivity index (χ4n) is 0.233. The van der Waals surface area contributed by atoms with Crippen LogP contribution in [0.2, 0.25) is 0 Å². The Bertz CT molecular complexity index is 112. The fraction of sp³-hybridized carbons (Fsp3) is 0.600. The van der Waals surface area contributed by atoms with E-state index in [1.807, 2.05) is 0 Å². The molecule has 0 bridgehead atoms. The minimum Gasteiger partial charge on any atom is -0.495 e. The van der Waals surface area contributed by atoms with Crippen molar-refractivity contribution in [1.29, 1.82) is 0 Å². The van der Waals surface area contributed by atoms with Crippen molar-refractivity contribution < 1.29 is 22.3 Å². The molecule has 0 saturated heterocycles. The zero-order chi connectivity index (χ0) is 8.20. The average Bonchev–Trinajstić information content (AvgIpc) is 1.84. The molecule has 60 valence electrons. The van der Waals surface area contributed by atoms with Crippen LogP contribution in [0.15, 0.2) is 12.8 Å². The van der Waals surface area contributed by atoms with Crippen LogP contribution in [0.4, 0.5) is 17.6 Å². The van der Waals surface area contributed by atoms with Crippen LogP contribution in [-0.4, -0.2) is 19.0 Å². The van der Waals surface area contributed by atoms with Crippen molar-refractivity contribution in [2.24, 2.45) is 0 Å². The molecule has 0 aromatic rings. The quantitative estimate of drug-likeness (QED) is 0.449. The molecule has 0 aromatic carbocycles. The van der Waals surface area contributed by atoms with Crippen LogP contribution in [0.3, 0.4) is 0 Å². The molecule has 1 nitrogen and oxygen atoms in total. The summed E-state index contributed by atoms with van der Waals surface area (Å²) in [6.45, 7) is 1.60. The van der Waals surface area contributed by atoms with Crippen molar-refractivity contribution in [3.63, 3.8) is 0 Å². The third kappa shape index (κ3) is 2.70. The van der Waals surface area contributed by atoms with Crippen molar-refractivity contribution in [2.45, 2.75) is 12.3 Å². The topological polar surface area (TPSA) is 9.23 Å². The second-order valence-corrected chi connectivity index (χ2v) is 1.54. The van der Waals surface area contributed by atoms with Crippen LogP contribution in [0.5, 0.6) is 0 Å². The Morgan fingerprint density at radius 1 is 1.50 bits per heavy atom. The number of halogens is 4. The van der Waals surface area contributed by atoms with Gasteiger partial charge in [-0.15, -0.1) is 0 Å². The molecule has 10 heavy (non-hydrogen) atoms. The highest BCUT2D eigenvalue weighted by molar-refractivity contribution is 4.69. The maximum absolute atomic E-state index is 11.8. The Balaban J connectivity index is 3.74. The molecule has 0 aliphatic rings. The molecule has 0 spiro atoms. The maximum Gasteiger partial charge on any atom is 0.340 e. The lowest BCUT2D eigenvalue weighted by Crippen LogP contribution is -2.31. The molecule has 0 atom stereocenters. The van der Waals surface area contributed by atoms with Crippen molar-refractivity contribution in [3.8, 4) is 0 Å². The first kappa shape index (κ1) is 9.26. The summed E-state index contributed by atoms with van der Waals surface area (Å²) in [5.41, 5.74) is 0. The Kier molecular flexibility index (Phi) is 3.18. The second kappa shape index (κ2) is 3.43. The van der Waals surface area contributed by atoms with Crippen LogP contribution in [0.25, 0.3) is 0 Å². The van der Waals surface area contributed by atoms with E-state index in [0.717, 1.165) is 0 Å². The first-order valence-corrected chi connectivity index (χ1v) is 2.39. The van der Waals surface area contributed by atoms with E-state index in [9.17, 15) is 17.6 Å². The maximum atomic E-state index is 11.8. The van der Waals surface area contributed by atoms with Crippen molar-refractivity contribution in [1.82, 2.24) is 0 Å². The zero-order valence-corrected chi connectivity index (χ0v) is 4.99. The van der Waals surface area contributed by atoms with E-state index in [1.54, 1.807) is 0 Å². The smallest absolute Gasteiger partial charge is 0.340 e. The van der Waals surface area contributed by atoms with Crippen LogP contribution < -0.4 is 0 Å². The lowest BCUT2D eigenvalue weighted by molar-refractivity contribution is -0.154. The minimum absolute atomic E-state index is 0.691. The lowest BCUT2D eigenvalue weighted by atomic mass is 10.4. The molecule has 0 rings (SSSR count). The summed E-state index contributed by atoms with van der Waals surface area (Å²) in [4.78, 5) is 0. The molecular formula is C5H6F4O. The molecule has 0 aromatic heterocycles. The van der Waals surface area contributed by atoms with Gasteiger partial charge >= 0.3 is 12.3 Å². The standard InChI is InChI=1S/C5H6F4O/c1-2-10-3-5(8,9)4(6)7/h2,4H,1,3H2. The van der Waals surface area contributed by atoms with Gasteiger partial charge in [-0.05, 0) is 0 Å². The molecule has 0 unspecified atom stereocenters. The Labute approximate surface area is 55.3 Å². The van der Waals surface area contributed by atoms with E-state index in [0.29, 0.717) is 6.26 Å². The highest BCUT2D eigenvalue weighted by Gasteiger charge is 2.41. The SMILES string of the molecule is C=COCC(F)(F)C(F)F. The van der Waals surface area contributed by atoms with Gasteiger partial charge in [0.1, 0.15) is 0 Å². The molecule has 0 saturated carbocycles. The molecule has 0 N–H and O–H groups in total. The molecule has 0 radical (unpaired) electrons. The van der Waals surface area contributed by atoms with E-state index in [2.05, 4.69) is 11.3 Å². The molecule has 0 heterocycles. The van der Waals surface area contributed by atoms with Crippen LogP contribution in [0, 0.1) is 0 Å². The monoisotopic (exact) mass is 158 g/mol. The first-order valence-electron chi connectivity index (χ1n) is 2.39. The Morgan fingerprint density at radius 3 is 2.30 bits per heavy atom. The molecule has 0 aliphatic carbocycles. The van der Waals surface area contributed by atoms with Crippen molar-refractivity contribution in [3.05, 3.63) is 12.8 Å². The third-order valence-corrected chi connectivity index (χ3v) is 0.713. The second-order valence-electron chi connectivity index (χ2n) is 1.54. The number of alkyl halides is 4. The van der Waals surface area contributed by atoms with E-state index < -0.39 is 19.0 Å². The molecular weight excluding hydrogens is 152 g/mol. The Hall–Kier alpha value is -0.740. The van der Waals surface area contributed by atoms with Gasteiger partial charge in [-0.1, -0.05) is 6.58 Å². The summed E-state index contributed by atoms with van der Waals surface area (Å²) in [6, 6.07) is 0. The van der Waals surface area contributed by atoms with Gasteiger partial charge < -0.3 is 4.74 Å². The predicted molar refractivity (Wildman–Crippen MR) is 27.1 cm³/mol. The number of rotatable bonds is 4. The fourth-order valence-corrected chi connectivity index (χ4v) is 0.233. The summed E-state index contributed by atoms with van der Waals surface area (Å²) in [5, 5.41) is 0. The van der Waals surface area contributed by atoms with E-state index in [4.69, 9.17) is 0 Å². The van der Waals surface area contributed by atoms with E-state index in [-0.39, 0.29) is 0 Å². The average molecular weight is 158 g/mol. The normalized spacial score (nSPS) is 11.7. The van der Waals surface area contributed by atoms with Gasteiger partial charge in [0.25, 0.3) is 0 Å². The largest absolute Gasteiger partial charge is 0.495 e. The van der Waals surface area contributed by atoms with Crippen LogP contribution in [0.1, 0.15) is 0 Å². The minimum atomic E-state index is -4.08. The molecule has 5 heteroatoms. The Morgan fingerprint density at radius 2 is 2.00 bits per heavy atom. The van der Waals surface area contributed by atoms with Gasteiger partial charge in [0.2, 0.25) is 0 Å². The predicted octanol–water partition coefficient (Wildman–Crippen LogP) is 2.05. The van der Waals surface area contributed by atoms with Gasteiger partial charge in [0, 0.05) is 0 Å². The van der Waals surface area contributed by atoms with E-state index in [1.165, 1.54) is 0 Å². The van der Waals surface area contributed by atoms with Gasteiger partial charge in [-0.25, -0.2) is 8.78 Å². The number of ether oxygens (including phenoxy) is 1. The zero-order valence-electron chi connectivity index (χ0n) is 4.99. The first-order chi connectivity index (χ1) is 4.50. The molecule has 0 amide bonds. The summed E-state index contributed by atoms with van der Waals surface area (Å²) in [5.74, 6) is -4.08. The van der Waals surface area contributed by atoms with Gasteiger partial charge in [0.15, 0.2) is 6.61 Å². The summed E-state index contributed by atoms with van der Waals surface area (Å²) in [6.07, 6.45) is -3.00. The molecule has 0 fully saturated rings. The third-order valence-electron chi connectivity index (χ3n) is 0.713. The van der Waals surface area contributed by atoms with Crippen molar-refractivity contribution in [2.75, 3.05) is 6.61 Å². The highest BCUT2D eigenvalue weighted by Crippen LogP contribution is 2.22.